The van der Waals surface area contributed by atoms with Crippen molar-refractivity contribution in [2.45, 2.75) is 0 Å². The van der Waals surface area contributed by atoms with Crippen molar-refractivity contribution in [1.82, 2.24) is 0 Å². The van der Waals surface area contributed by atoms with Crippen LogP contribution in [0.5, 0.6) is 0 Å². The predicted octanol–water partition coefficient (Wildman–Crippen LogP) is -4.08. The Balaban J connectivity index is -0.0000000400. The SMILES string of the molecule is O=P(O)(O)O.O=P(O)(O)O.O=P(O)(O)O.[KH].[NaH]. The van der Waals surface area contributed by atoms with Crippen LogP contribution in [0.15, 0.2) is 0 Å². The zero-order chi connectivity index (χ0) is 13.5. The summed E-state index contributed by atoms with van der Waals surface area (Å²) in [6.07, 6.45) is 0. The van der Waals surface area contributed by atoms with Crippen molar-refractivity contribution in [3.63, 3.8) is 0 Å². The molecule has 0 aromatic carbocycles. The third-order valence-corrected chi connectivity index (χ3v) is 0. The van der Waals surface area contributed by atoms with Gasteiger partial charge in [-0.1, -0.05) is 0 Å². The average molecular weight is 358 g/mol. The Morgan fingerprint density at radius 2 is 0.471 bits per heavy atom. The second-order valence-corrected chi connectivity index (χ2v) is 4.62. The van der Waals surface area contributed by atoms with E-state index in [-0.39, 0.29) is 80.9 Å². The molecule has 12 nitrogen and oxygen atoms in total. The molecule has 0 unspecified atom stereocenters. The molecule has 17 heteroatoms. The first-order chi connectivity index (χ1) is 6.00. The minimum atomic E-state index is -4.64. The maximum absolute atomic E-state index is 8.88. The molecule has 0 rings (SSSR count). The monoisotopic (exact) mass is 358 g/mol. The molecule has 0 spiro atoms. The predicted molar refractivity (Wildman–Crippen MR) is 57.1 cm³/mol. The Bertz CT molecular complexity index is 208. The van der Waals surface area contributed by atoms with E-state index in [1.54, 1.807) is 0 Å². The topological polar surface area (TPSA) is 233 Å². The Kier molecular flexibility index (Phi) is 26.3. The zero-order valence-corrected chi connectivity index (χ0v) is 9.27. The van der Waals surface area contributed by atoms with Gasteiger partial charge in [0, 0.05) is 0 Å². The van der Waals surface area contributed by atoms with Gasteiger partial charge in [-0.05, 0) is 0 Å². The molecule has 100 valence electrons. The van der Waals surface area contributed by atoms with Crippen LogP contribution in [0.3, 0.4) is 0 Å². The van der Waals surface area contributed by atoms with Gasteiger partial charge in [-0.3, -0.25) is 0 Å². The molecule has 0 bridgehead atoms. The quantitative estimate of drug-likeness (QED) is 0.148. The van der Waals surface area contributed by atoms with Gasteiger partial charge < -0.3 is 44.0 Å². The Hall–Kier alpha value is 2.97. The van der Waals surface area contributed by atoms with Crippen molar-refractivity contribution in [3.05, 3.63) is 0 Å². The van der Waals surface area contributed by atoms with Crippen LogP contribution in [0.25, 0.3) is 0 Å². The number of hydrogen-bond donors (Lipinski definition) is 9. The number of rotatable bonds is 0. The molecule has 0 aliphatic carbocycles. The van der Waals surface area contributed by atoms with Gasteiger partial charge in [0.25, 0.3) is 0 Å². The first-order valence-corrected chi connectivity index (χ1v) is 7.04. The summed E-state index contributed by atoms with van der Waals surface area (Å²) in [5.74, 6) is 0. The summed E-state index contributed by atoms with van der Waals surface area (Å²) in [5.41, 5.74) is 0. The van der Waals surface area contributed by atoms with Gasteiger partial charge in [0.1, 0.15) is 0 Å². The summed E-state index contributed by atoms with van der Waals surface area (Å²) in [6, 6.07) is 0. The Labute approximate surface area is 160 Å². The second kappa shape index (κ2) is 13.9. The van der Waals surface area contributed by atoms with E-state index < -0.39 is 23.5 Å². The molecule has 0 saturated carbocycles. The van der Waals surface area contributed by atoms with E-state index in [0.29, 0.717) is 0 Å². The molecular weight excluding hydrogens is 347 g/mol. The molecule has 9 N–H and O–H groups in total. The van der Waals surface area contributed by atoms with Crippen molar-refractivity contribution >= 4 is 104 Å². The van der Waals surface area contributed by atoms with Crippen LogP contribution in [0, 0.1) is 0 Å². The summed E-state index contributed by atoms with van der Waals surface area (Å²) in [4.78, 5) is 64.7. The summed E-state index contributed by atoms with van der Waals surface area (Å²) in [6.45, 7) is 0. The molecule has 0 saturated heterocycles. The van der Waals surface area contributed by atoms with Crippen LogP contribution in [-0.2, 0) is 13.7 Å². The molecule has 0 radical (unpaired) electrons. The molecule has 0 heterocycles. The summed E-state index contributed by atoms with van der Waals surface area (Å²) in [5, 5.41) is 0. The summed E-state index contributed by atoms with van der Waals surface area (Å²) >= 11 is 0. The third kappa shape index (κ3) is 620. The summed E-state index contributed by atoms with van der Waals surface area (Å²) < 4.78 is 26.6. The van der Waals surface area contributed by atoms with Crippen LogP contribution < -0.4 is 0 Å². The Morgan fingerprint density at radius 1 is 0.471 bits per heavy atom. The van der Waals surface area contributed by atoms with E-state index in [4.69, 9.17) is 57.7 Å². The summed E-state index contributed by atoms with van der Waals surface area (Å²) in [7, 11) is -13.9. The van der Waals surface area contributed by atoms with Crippen molar-refractivity contribution in [2.24, 2.45) is 0 Å². The zero-order valence-electron chi connectivity index (χ0n) is 6.59. The van der Waals surface area contributed by atoms with Gasteiger partial charge in [0.15, 0.2) is 0 Å². The molecule has 0 atom stereocenters. The second-order valence-electron chi connectivity index (χ2n) is 1.54. The molecular formula is H11KNaO12P3. The van der Waals surface area contributed by atoms with Crippen LogP contribution in [0.1, 0.15) is 0 Å². The van der Waals surface area contributed by atoms with Crippen LogP contribution in [-0.4, -0.2) is 125 Å². The van der Waals surface area contributed by atoms with Gasteiger partial charge in [-0.2, -0.15) is 0 Å². The van der Waals surface area contributed by atoms with Crippen LogP contribution >= 0.6 is 23.5 Å². The molecule has 0 aromatic heterocycles. The van der Waals surface area contributed by atoms with Gasteiger partial charge >= 0.3 is 104 Å². The van der Waals surface area contributed by atoms with E-state index in [1.807, 2.05) is 0 Å². The number of hydrogen-bond acceptors (Lipinski definition) is 3. The van der Waals surface area contributed by atoms with Crippen molar-refractivity contribution in [3.8, 4) is 0 Å². The molecule has 0 fully saturated rings. The number of phosphoric acid groups is 3. The Morgan fingerprint density at radius 3 is 0.471 bits per heavy atom. The van der Waals surface area contributed by atoms with Crippen molar-refractivity contribution in [2.75, 3.05) is 0 Å². The van der Waals surface area contributed by atoms with E-state index >= 15 is 0 Å². The molecule has 0 amide bonds. The van der Waals surface area contributed by atoms with Crippen molar-refractivity contribution in [1.29, 1.82) is 0 Å². The first kappa shape index (κ1) is 32.1. The first-order valence-electron chi connectivity index (χ1n) is 2.35. The fraction of sp³-hybridized carbons (Fsp3) is 0. The van der Waals surface area contributed by atoms with Crippen LogP contribution in [0.4, 0.5) is 0 Å². The van der Waals surface area contributed by atoms with Gasteiger partial charge in [0.05, 0.1) is 0 Å². The fourth-order valence-electron chi connectivity index (χ4n) is 0. The van der Waals surface area contributed by atoms with E-state index in [9.17, 15) is 0 Å². The fourth-order valence-corrected chi connectivity index (χ4v) is 0. The van der Waals surface area contributed by atoms with E-state index in [1.165, 1.54) is 0 Å². The van der Waals surface area contributed by atoms with Crippen LogP contribution in [0.2, 0.25) is 0 Å². The van der Waals surface area contributed by atoms with Gasteiger partial charge in [0.2, 0.25) is 0 Å². The molecule has 0 aliphatic heterocycles. The molecule has 0 aromatic rings. The van der Waals surface area contributed by atoms with E-state index in [2.05, 4.69) is 0 Å². The maximum atomic E-state index is 8.88. The van der Waals surface area contributed by atoms with E-state index in [0.717, 1.165) is 0 Å². The standard InChI is InChI=1S/K.Na.3H3O4P.2H/c;;3*1-5(2,3)4;;/h;;3*(H3,1,2,3,4);;. The molecule has 17 heavy (non-hydrogen) atoms. The average Bonchev–Trinajstić information content (AvgIpc) is 1.41. The third-order valence-electron chi connectivity index (χ3n) is 0. The normalized spacial score (nSPS) is 10.4. The molecule has 0 aliphatic rings. The van der Waals surface area contributed by atoms with Crippen molar-refractivity contribution < 1.29 is 57.7 Å². The minimum absolute atomic E-state index is 0. The van der Waals surface area contributed by atoms with Gasteiger partial charge in [-0.15, -0.1) is 0 Å². The van der Waals surface area contributed by atoms with Gasteiger partial charge in [-0.25, -0.2) is 13.7 Å².